The molecule has 0 saturated heterocycles. The Labute approximate surface area is 191 Å². The Balaban J connectivity index is 1.82. The van der Waals surface area contributed by atoms with Gasteiger partial charge in [-0.15, -0.1) is 0 Å². The van der Waals surface area contributed by atoms with Crippen molar-refractivity contribution < 1.29 is 18.1 Å². The smallest absolute Gasteiger partial charge is 0.258 e. The molecule has 0 amide bonds. The first-order chi connectivity index (χ1) is 16.3. The van der Waals surface area contributed by atoms with Crippen LogP contribution in [0.4, 0.5) is 18.9 Å². The lowest BCUT2D eigenvalue weighted by atomic mass is 10.0. The van der Waals surface area contributed by atoms with Gasteiger partial charge in [-0.25, -0.2) is 4.68 Å². The molecule has 2 aromatic heterocycles. The van der Waals surface area contributed by atoms with E-state index in [4.69, 9.17) is 0 Å². The average molecular weight is 461 g/mol. The summed E-state index contributed by atoms with van der Waals surface area (Å²) in [6.07, 6.45) is -0.737. The summed E-state index contributed by atoms with van der Waals surface area (Å²) in [6.45, 7) is 0. The maximum Gasteiger partial charge on any atom is 0.417 e. The molecule has 0 aliphatic rings. The van der Waals surface area contributed by atoms with Crippen LogP contribution < -0.4 is 0 Å². The largest absolute Gasteiger partial charge is 0.417 e. The van der Waals surface area contributed by atoms with Crippen LogP contribution in [0, 0.1) is 21.4 Å². The molecule has 0 spiro atoms. The predicted octanol–water partition coefficient (Wildman–Crippen LogP) is 5.93. The molecule has 0 fully saturated rings. The maximum absolute atomic E-state index is 12.9. The van der Waals surface area contributed by atoms with Gasteiger partial charge < -0.3 is 0 Å². The van der Waals surface area contributed by atoms with Gasteiger partial charge in [-0.3, -0.25) is 15.1 Å². The van der Waals surface area contributed by atoms with E-state index in [0.717, 1.165) is 17.8 Å². The number of rotatable bonds is 5. The van der Waals surface area contributed by atoms with Crippen LogP contribution in [-0.2, 0) is 6.18 Å². The molecule has 4 rings (SSSR count). The highest BCUT2D eigenvalue weighted by Gasteiger charge is 2.30. The molecule has 2 heterocycles. The molecule has 0 N–H and O–H groups in total. The van der Waals surface area contributed by atoms with E-state index in [2.05, 4.69) is 10.1 Å². The third-order valence-corrected chi connectivity index (χ3v) is 4.90. The minimum Gasteiger partial charge on any atom is -0.258 e. The average Bonchev–Trinajstić information content (AvgIpc) is 3.26. The molecule has 0 saturated carbocycles. The van der Waals surface area contributed by atoms with Gasteiger partial charge in [0, 0.05) is 35.7 Å². The van der Waals surface area contributed by atoms with E-state index in [-0.39, 0.29) is 17.0 Å². The summed E-state index contributed by atoms with van der Waals surface area (Å²) in [5.41, 5.74) is 1.30. The maximum atomic E-state index is 12.9. The van der Waals surface area contributed by atoms with Crippen molar-refractivity contribution in [2.24, 2.45) is 0 Å². The normalized spacial score (nSPS) is 11.8. The van der Waals surface area contributed by atoms with Gasteiger partial charge in [0.15, 0.2) is 0 Å². The topological polar surface area (TPSA) is 97.6 Å². The van der Waals surface area contributed by atoms with Gasteiger partial charge in [-0.05, 0) is 42.5 Å². The van der Waals surface area contributed by atoms with Gasteiger partial charge in [-0.2, -0.15) is 23.5 Å². The summed E-state index contributed by atoms with van der Waals surface area (Å²) < 4.78 is 40.2. The molecule has 0 aliphatic heterocycles. The van der Waals surface area contributed by atoms with Crippen LogP contribution in [-0.4, -0.2) is 19.7 Å². The second-order valence-corrected chi connectivity index (χ2v) is 7.12. The van der Waals surface area contributed by atoms with E-state index in [1.54, 1.807) is 10.9 Å². The number of hydrogen-bond donors (Lipinski definition) is 0. The van der Waals surface area contributed by atoms with E-state index in [0.29, 0.717) is 23.0 Å². The molecule has 4 aromatic rings. The van der Waals surface area contributed by atoms with Gasteiger partial charge in [0.05, 0.1) is 33.1 Å². The Bertz CT molecular complexity index is 1400. The number of non-ortho nitro benzene ring substituents is 1. The second-order valence-electron chi connectivity index (χ2n) is 7.12. The number of alkyl halides is 3. The molecule has 0 bridgehead atoms. The molecule has 10 heteroatoms. The zero-order valence-electron chi connectivity index (χ0n) is 17.3. The first-order valence-electron chi connectivity index (χ1n) is 9.81. The van der Waals surface area contributed by atoms with E-state index < -0.39 is 16.7 Å². The van der Waals surface area contributed by atoms with Crippen LogP contribution in [0.15, 0.2) is 79.1 Å². The number of allylic oxidation sites excluding steroid dienone is 1. The zero-order chi connectivity index (χ0) is 24.3. The van der Waals surface area contributed by atoms with Gasteiger partial charge in [-0.1, -0.05) is 18.2 Å². The lowest BCUT2D eigenvalue weighted by molar-refractivity contribution is -0.384. The van der Waals surface area contributed by atoms with Crippen LogP contribution in [0.2, 0.25) is 0 Å². The SMILES string of the molecule is N#C/C(=C\c1cn(-c2ccccc2)nc1-c1ccc([N+](=O)[O-])cc1)c1ccc(C(F)(F)F)cn1. The molecule has 34 heavy (non-hydrogen) atoms. The highest BCUT2D eigenvalue weighted by atomic mass is 19.4. The standard InChI is InChI=1S/C24H14F3N5O2/c25-24(26,27)19-8-11-22(29-14-19)17(13-28)12-18-15-31(20-4-2-1-3-5-20)30-23(18)16-6-9-21(10-7-16)32(33)34/h1-12,14-15H/b17-12+. The number of nitriles is 1. The number of halogens is 3. The van der Waals surface area contributed by atoms with Crippen LogP contribution >= 0.6 is 0 Å². The van der Waals surface area contributed by atoms with Crippen molar-refractivity contribution in [1.82, 2.24) is 14.8 Å². The summed E-state index contributed by atoms with van der Waals surface area (Å²) in [5.74, 6) is 0. The highest BCUT2D eigenvalue weighted by Crippen LogP contribution is 2.31. The number of aromatic nitrogens is 3. The Morgan fingerprint density at radius 1 is 1.06 bits per heavy atom. The molecule has 0 atom stereocenters. The monoisotopic (exact) mass is 461 g/mol. The quantitative estimate of drug-likeness (QED) is 0.209. The van der Waals surface area contributed by atoms with Gasteiger partial charge in [0.2, 0.25) is 0 Å². The fraction of sp³-hybridized carbons (Fsp3) is 0.0417. The molecular weight excluding hydrogens is 447 g/mol. The molecule has 0 radical (unpaired) electrons. The summed E-state index contributed by atoms with van der Waals surface area (Å²) >= 11 is 0. The molecule has 168 valence electrons. The number of pyridine rings is 1. The summed E-state index contributed by atoms with van der Waals surface area (Å²) in [6, 6.07) is 18.8. The Kier molecular flexibility index (Phi) is 5.93. The van der Waals surface area contributed by atoms with Crippen molar-refractivity contribution >= 4 is 17.3 Å². The number of para-hydroxylation sites is 1. The van der Waals surface area contributed by atoms with Crippen molar-refractivity contribution in [2.45, 2.75) is 6.18 Å². The van der Waals surface area contributed by atoms with Crippen molar-refractivity contribution in [1.29, 1.82) is 5.26 Å². The Morgan fingerprint density at radius 3 is 2.32 bits per heavy atom. The van der Waals surface area contributed by atoms with Gasteiger partial charge >= 0.3 is 6.18 Å². The van der Waals surface area contributed by atoms with Crippen molar-refractivity contribution in [2.75, 3.05) is 0 Å². The van der Waals surface area contributed by atoms with E-state index in [1.807, 2.05) is 36.4 Å². The van der Waals surface area contributed by atoms with Crippen LogP contribution in [0.5, 0.6) is 0 Å². The van der Waals surface area contributed by atoms with E-state index in [1.165, 1.54) is 30.3 Å². The van der Waals surface area contributed by atoms with Crippen LogP contribution in [0.3, 0.4) is 0 Å². The third-order valence-electron chi connectivity index (χ3n) is 4.90. The minimum absolute atomic E-state index is 0.0319. The summed E-state index contributed by atoms with van der Waals surface area (Å²) in [7, 11) is 0. The summed E-state index contributed by atoms with van der Waals surface area (Å²) in [5, 5.41) is 25.2. The Hall–Kier alpha value is -4.78. The second kappa shape index (κ2) is 8.99. The van der Waals surface area contributed by atoms with Gasteiger partial charge in [0.1, 0.15) is 6.07 Å². The molecule has 2 aromatic carbocycles. The van der Waals surface area contributed by atoms with Crippen molar-refractivity contribution in [3.8, 4) is 23.0 Å². The number of nitrogens with zero attached hydrogens (tertiary/aromatic N) is 5. The lowest BCUT2D eigenvalue weighted by Gasteiger charge is -2.06. The first-order valence-corrected chi connectivity index (χ1v) is 9.81. The Morgan fingerprint density at radius 2 is 1.76 bits per heavy atom. The van der Waals surface area contributed by atoms with Crippen molar-refractivity contribution in [3.63, 3.8) is 0 Å². The highest BCUT2D eigenvalue weighted by molar-refractivity contribution is 5.91. The molecule has 0 unspecified atom stereocenters. The molecule has 7 nitrogen and oxygen atoms in total. The summed E-state index contributed by atoms with van der Waals surface area (Å²) in [4.78, 5) is 14.3. The van der Waals surface area contributed by atoms with Gasteiger partial charge in [0.25, 0.3) is 5.69 Å². The first kappa shape index (κ1) is 22.4. The zero-order valence-corrected chi connectivity index (χ0v) is 17.3. The van der Waals surface area contributed by atoms with Crippen LogP contribution in [0.25, 0.3) is 28.6 Å². The molecule has 0 aliphatic carbocycles. The van der Waals surface area contributed by atoms with E-state index in [9.17, 15) is 28.5 Å². The number of hydrogen-bond acceptors (Lipinski definition) is 5. The van der Waals surface area contributed by atoms with Crippen molar-refractivity contribution in [3.05, 3.63) is 106 Å². The fourth-order valence-corrected chi connectivity index (χ4v) is 3.21. The predicted molar refractivity (Wildman–Crippen MR) is 118 cm³/mol. The lowest BCUT2D eigenvalue weighted by Crippen LogP contribution is -2.05. The minimum atomic E-state index is -4.54. The molecular formula is C24H14F3N5O2. The fourth-order valence-electron chi connectivity index (χ4n) is 3.21. The number of nitro benzene ring substituents is 1. The van der Waals surface area contributed by atoms with Crippen LogP contribution in [0.1, 0.15) is 16.8 Å². The third kappa shape index (κ3) is 4.68. The van der Waals surface area contributed by atoms with E-state index >= 15 is 0 Å². The number of nitro groups is 1. The number of benzene rings is 2.